The second-order valence-corrected chi connectivity index (χ2v) is 15.4. The van der Waals surface area contributed by atoms with E-state index in [1.165, 1.54) is 31.4 Å². The SMILES string of the molecule is CC(C)[C@@H]1C[C@@]2(O[Si](C)(C)C)C[C@H]3CC[C@]2(CS1)C3(C)C. The molecule has 1 spiro atoms. The van der Waals surface area contributed by atoms with Crippen molar-refractivity contribution in [1.29, 1.82) is 0 Å². The van der Waals surface area contributed by atoms with Gasteiger partial charge in [0.25, 0.3) is 0 Å². The van der Waals surface area contributed by atoms with E-state index >= 15 is 0 Å². The van der Waals surface area contributed by atoms with Crippen LogP contribution in [0.3, 0.4) is 0 Å². The molecule has 0 aromatic carbocycles. The Hall–Kier alpha value is 0.527. The molecule has 0 aromatic rings. The van der Waals surface area contributed by atoms with Gasteiger partial charge in [-0.05, 0) is 62.6 Å². The van der Waals surface area contributed by atoms with Crippen LogP contribution in [0.15, 0.2) is 0 Å². The zero-order valence-corrected chi connectivity index (χ0v) is 16.9. The van der Waals surface area contributed by atoms with Gasteiger partial charge in [0.2, 0.25) is 0 Å². The first kappa shape index (κ1) is 16.4. The summed E-state index contributed by atoms with van der Waals surface area (Å²) in [5.41, 5.74) is 1.12. The molecule has 2 saturated carbocycles. The van der Waals surface area contributed by atoms with Crippen molar-refractivity contribution in [3.63, 3.8) is 0 Å². The van der Waals surface area contributed by atoms with Crippen LogP contribution in [0.1, 0.15) is 53.4 Å². The molecule has 0 radical (unpaired) electrons. The molecule has 0 aromatic heterocycles. The normalized spacial score (nSPS) is 45.1. The topological polar surface area (TPSA) is 9.23 Å². The lowest BCUT2D eigenvalue weighted by atomic mass is 9.62. The maximum atomic E-state index is 7.06. The van der Waals surface area contributed by atoms with E-state index in [-0.39, 0.29) is 5.60 Å². The summed E-state index contributed by atoms with van der Waals surface area (Å²) in [6, 6.07) is 0. The van der Waals surface area contributed by atoms with Crippen molar-refractivity contribution in [3.8, 4) is 0 Å². The van der Waals surface area contributed by atoms with Crippen molar-refractivity contribution in [3.05, 3.63) is 0 Å². The molecule has 1 nitrogen and oxygen atoms in total. The quantitative estimate of drug-likeness (QED) is 0.627. The maximum absolute atomic E-state index is 7.06. The maximum Gasteiger partial charge on any atom is 0.184 e. The minimum Gasteiger partial charge on any atom is -0.411 e. The summed E-state index contributed by atoms with van der Waals surface area (Å²) in [6.07, 6.45) is 5.50. The van der Waals surface area contributed by atoms with Crippen molar-refractivity contribution in [2.24, 2.45) is 22.7 Å². The summed E-state index contributed by atoms with van der Waals surface area (Å²) in [5, 5.41) is 0.794. The minimum absolute atomic E-state index is 0.198. The van der Waals surface area contributed by atoms with E-state index in [1.54, 1.807) is 0 Å². The molecule has 3 fully saturated rings. The van der Waals surface area contributed by atoms with Crippen LogP contribution in [-0.2, 0) is 4.43 Å². The third-order valence-corrected chi connectivity index (χ3v) is 9.74. The van der Waals surface area contributed by atoms with Gasteiger partial charge in [0.05, 0.1) is 5.60 Å². The molecule has 3 heteroatoms. The van der Waals surface area contributed by atoms with Gasteiger partial charge in [-0.1, -0.05) is 27.7 Å². The van der Waals surface area contributed by atoms with E-state index in [2.05, 4.69) is 59.1 Å². The fraction of sp³-hybridized carbons (Fsp3) is 1.00. The molecule has 2 aliphatic carbocycles. The molecule has 2 bridgehead atoms. The monoisotopic (exact) mass is 326 g/mol. The van der Waals surface area contributed by atoms with E-state index in [1.807, 2.05) is 0 Å². The summed E-state index contributed by atoms with van der Waals surface area (Å²) in [7, 11) is -1.52. The van der Waals surface area contributed by atoms with Gasteiger partial charge in [-0.25, -0.2) is 0 Å². The minimum atomic E-state index is -1.52. The average molecular weight is 327 g/mol. The Kier molecular flexibility index (Phi) is 3.72. The number of fused-ring (bicyclic) bond motifs is 1. The van der Waals surface area contributed by atoms with Gasteiger partial charge in [-0.2, -0.15) is 11.8 Å². The highest BCUT2D eigenvalue weighted by Crippen LogP contribution is 2.75. The molecule has 0 unspecified atom stereocenters. The predicted octanol–water partition coefficient (Wildman–Crippen LogP) is 5.56. The lowest BCUT2D eigenvalue weighted by molar-refractivity contribution is -0.0831. The number of rotatable bonds is 3. The van der Waals surface area contributed by atoms with Crippen molar-refractivity contribution < 1.29 is 4.43 Å². The highest BCUT2D eigenvalue weighted by Gasteiger charge is 2.73. The Balaban J connectivity index is 2.01. The molecule has 122 valence electrons. The van der Waals surface area contributed by atoms with Crippen LogP contribution in [0.5, 0.6) is 0 Å². The first-order valence-corrected chi connectivity index (χ1v) is 13.3. The molecule has 21 heavy (non-hydrogen) atoms. The molecular formula is C18H34OSSi. The molecule has 0 N–H and O–H groups in total. The van der Waals surface area contributed by atoms with Crippen LogP contribution in [-0.4, -0.2) is 24.9 Å². The van der Waals surface area contributed by atoms with E-state index in [0.717, 1.165) is 17.1 Å². The van der Waals surface area contributed by atoms with Gasteiger partial charge < -0.3 is 4.43 Å². The van der Waals surface area contributed by atoms with Crippen LogP contribution in [0.2, 0.25) is 19.6 Å². The predicted molar refractivity (Wildman–Crippen MR) is 96.4 cm³/mol. The third-order valence-electron chi connectivity index (χ3n) is 6.94. The van der Waals surface area contributed by atoms with Gasteiger partial charge in [0, 0.05) is 16.4 Å². The second kappa shape index (κ2) is 4.77. The summed E-state index contributed by atoms with van der Waals surface area (Å²) in [5.74, 6) is 3.00. The second-order valence-electron chi connectivity index (χ2n) is 9.75. The highest BCUT2D eigenvalue weighted by atomic mass is 32.2. The van der Waals surface area contributed by atoms with Crippen molar-refractivity contribution in [1.82, 2.24) is 0 Å². The van der Waals surface area contributed by atoms with Gasteiger partial charge in [-0.3, -0.25) is 0 Å². The lowest BCUT2D eigenvalue weighted by Gasteiger charge is -2.58. The molecular weight excluding hydrogens is 292 g/mol. The first-order chi connectivity index (χ1) is 9.53. The fourth-order valence-electron chi connectivity index (χ4n) is 5.76. The molecule has 1 aliphatic heterocycles. The highest BCUT2D eigenvalue weighted by molar-refractivity contribution is 8.00. The van der Waals surface area contributed by atoms with Crippen LogP contribution < -0.4 is 0 Å². The molecule has 3 aliphatic rings. The van der Waals surface area contributed by atoms with Crippen molar-refractivity contribution in [2.45, 2.75) is 83.9 Å². The van der Waals surface area contributed by atoms with Crippen LogP contribution >= 0.6 is 11.8 Å². The molecule has 1 heterocycles. The number of thioether (sulfide) groups is 1. The smallest absolute Gasteiger partial charge is 0.184 e. The van der Waals surface area contributed by atoms with E-state index in [9.17, 15) is 0 Å². The van der Waals surface area contributed by atoms with Crippen LogP contribution in [0.4, 0.5) is 0 Å². The standard InChI is InChI=1S/C18H34OSSi/c1-13(2)15-11-18(19-21(5,6)7)10-14-8-9-17(18,12-20-15)16(14,3)4/h13-15H,8-12H2,1-7H3/t14-,15+,17+,18+/m1/s1. The third kappa shape index (κ3) is 2.21. The Morgan fingerprint density at radius 2 is 1.81 bits per heavy atom. The summed E-state index contributed by atoms with van der Waals surface area (Å²) >= 11 is 2.26. The van der Waals surface area contributed by atoms with E-state index in [4.69, 9.17) is 4.43 Å². The first-order valence-electron chi connectivity index (χ1n) is 8.85. The Morgan fingerprint density at radius 1 is 1.14 bits per heavy atom. The van der Waals surface area contributed by atoms with Gasteiger partial charge in [0.1, 0.15) is 0 Å². The molecule has 0 amide bonds. The average Bonchev–Trinajstić information content (AvgIpc) is 2.66. The van der Waals surface area contributed by atoms with Crippen LogP contribution in [0, 0.1) is 22.7 Å². The van der Waals surface area contributed by atoms with Gasteiger partial charge in [0.15, 0.2) is 8.32 Å². The van der Waals surface area contributed by atoms with Crippen molar-refractivity contribution >= 4 is 20.1 Å². The zero-order valence-electron chi connectivity index (χ0n) is 15.1. The zero-order chi connectivity index (χ0) is 15.7. The van der Waals surface area contributed by atoms with Gasteiger partial charge >= 0.3 is 0 Å². The van der Waals surface area contributed by atoms with E-state index in [0.29, 0.717) is 10.8 Å². The summed E-state index contributed by atoms with van der Waals surface area (Å²) in [4.78, 5) is 0. The number of hydrogen-bond acceptors (Lipinski definition) is 2. The molecule has 4 atom stereocenters. The molecule has 1 saturated heterocycles. The van der Waals surface area contributed by atoms with E-state index < -0.39 is 8.32 Å². The Bertz CT molecular complexity index is 427. The largest absolute Gasteiger partial charge is 0.411 e. The lowest BCUT2D eigenvalue weighted by Crippen LogP contribution is -2.60. The Morgan fingerprint density at radius 3 is 2.33 bits per heavy atom. The van der Waals surface area contributed by atoms with Gasteiger partial charge in [-0.15, -0.1) is 0 Å². The summed E-state index contributed by atoms with van der Waals surface area (Å²) < 4.78 is 7.06. The summed E-state index contributed by atoms with van der Waals surface area (Å²) in [6.45, 7) is 17.1. The Labute approximate surface area is 137 Å². The van der Waals surface area contributed by atoms with Crippen LogP contribution in [0.25, 0.3) is 0 Å². The molecule has 3 rings (SSSR count). The van der Waals surface area contributed by atoms with Crippen molar-refractivity contribution in [2.75, 3.05) is 5.75 Å². The number of hydrogen-bond donors (Lipinski definition) is 0. The fourth-order valence-corrected chi connectivity index (χ4v) is 9.34.